The van der Waals surface area contributed by atoms with Gasteiger partial charge in [0.05, 0.1) is 16.7 Å². The van der Waals surface area contributed by atoms with Crippen molar-refractivity contribution >= 4 is 45.1 Å². The molecular weight excluding hydrogens is 532 g/mol. The van der Waals surface area contributed by atoms with E-state index in [1.54, 1.807) is 29.7 Å². The van der Waals surface area contributed by atoms with E-state index in [1.807, 2.05) is 48.5 Å². The lowest BCUT2D eigenvalue weighted by atomic mass is 10.2. The van der Waals surface area contributed by atoms with Crippen molar-refractivity contribution in [1.29, 1.82) is 0 Å². The highest BCUT2D eigenvalue weighted by Gasteiger charge is 2.22. The molecule has 0 bridgehead atoms. The number of thioether (sulfide) groups is 1. The van der Waals surface area contributed by atoms with Crippen LogP contribution in [0.25, 0.3) is 5.69 Å². The minimum absolute atomic E-state index is 0.0131. The number of nitrogens with one attached hydrogen (secondary N) is 2. The van der Waals surface area contributed by atoms with Gasteiger partial charge in [-0.15, -0.1) is 10.2 Å². The molecule has 9 nitrogen and oxygen atoms in total. The first-order valence-corrected chi connectivity index (χ1v) is 12.4. The average Bonchev–Trinajstić information content (AvgIpc) is 3.29. The molecule has 0 radical (unpaired) electrons. The Kier molecular flexibility index (Phi) is 7.78. The second kappa shape index (κ2) is 11.2. The Morgan fingerprint density at radius 3 is 2.43 bits per heavy atom. The summed E-state index contributed by atoms with van der Waals surface area (Å²) in [4.78, 5) is 23.3. The van der Waals surface area contributed by atoms with Crippen LogP contribution in [0.1, 0.15) is 24.4 Å². The summed E-state index contributed by atoms with van der Waals surface area (Å²) < 4.78 is 2.57. The highest BCUT2D eigenvalue weighted by molar-refractivity contribution is 9.10. The first kappa shape index (κ1) is 24.4. The van der Waals surface area contributed by atoms with E-state index >= 15 is 0 Å². The molecule has 1 aromatic heterocycles. The zero-order valence-electron chi connectivity index (χ0n) is 18.6. The molecule has 2 amide bonds. The number of hydrogen-bond acceptors (Lipinski definition) is 6. The number of para-hydroxylation sites is 1. The minimum atomic E-state index is -0.508. The highest BCUT2D eigenvalue weighted by Crippen LogP contribution is 2.29. The number of urea groups is 1. The van der Waals surface area contributed by atoms with Crippen molar-refractivity contribution in [3.63, 3.8) is 0 Å². The van der Waals surface area contributed by atoms with Crippen LogP contribution in [0.3, 0.4) is 0 Å². The Bertz CT molecular complexity index is 1330. The molecule has 11 heteroatoms. The Morgan fingerprint density at radius 1 is 1.06 bits per heavy atom. The number of aromatic nitrogens is 3. The number of anilines is 1. The Labute approximate surface area is 214 Å². The van der Waals surface area contributed by atoms with E-state index in [-0.39, 0.29) is 5.69 Å². The molecule has 0 saturated carbocycles. The van der Waals surface area contributed by atoms with Crippen LogP contribution >= 0.6 is 27.7 Å². The number of amides is 2. The molecule has 4 rings (SSSR count). The lowest BCUT2D eigenvalue weighted by Crippen LogP contribution is -2.32. The van der Waals surface area contributed by atoms with Crippen molar-refractivity contribution in [1.82, 2.24) is 20.1 Å². The average molecular weight is 553 g/mol. The van der Waals surface area contributed by atoms with Crippen LogP contribution < -0.4 is 10.6 Å². The van der Waals surface area contributed by atoms with Gasteiger partial charge in [0.1, 0.15) is 0 Å². The van der Waals surface area contributed by atoms with Crippen LogP contribution in [0, 0.1) is 10.1 Å². The standard InChI is InChI=1S/C24H21BrN6O3S/c1-16(26-23(32)27-21-10-6-5-9-20(21)25)22-28-29-24(35-15-17-7-3-2-4-8-17)30(22)18-11-13-19(14-12-18)31(33)34/h2-14,16H,15H2,1H3,(H2,26,27,32). The van der Waals surface area contributed by atoms with E-state index in [0.717, 1.165) is 10.0 Å². The summed E-state index contributed by atoms with van der Waals surface area (Å²) in [6.45, 7) is 1.80. The van der Waals surface area contributed by atoms with Crippen LogP contribution in [-0.2, 0) is 5.75 Å². The maximum atomic E-state index is 12.7. The van der Waals surface area contributed by atoms with Gasteiger partial charge in [0, 0.05) is 28.0 Å². The van der Waals surface area contributed by atoms with Gasteiger partial charge in [-0.25, -0.2) is 4.79 Å². The number of nitro benzene ring substituents is 1. The maximum absolute atomic E-state index is 12.7. The summed E-state index contributed by atoms with van der Waals surface area (Å²) >= 11 is 4.90. The molecule has 0 saturated heterocycles. The normalized spacial score (nSPS) is 11.6. The van der Waals surface area contributed by atoms with Crippen molar-refractivity contribution in [3.05, 3.63) is 105 Å². The second-order valence-corrected chi connectivity index (χ2v) is 9.32. The van der Waals surface area contributed by atoms with Gasteiger partial charge in [-0.3, -0.25) is 14.7 Å². The third-order valence-corrected chi connectivity index (χ3v) is 6.74. The smallest absolute Gasteiger partial charge is 0.319 e. The Morgan fingerprint density at radius 2 is 1.74 bits per heavy atom. The van der Waals surface area contributed by atoms with E-state index in [9.17, 15) is 14.9 Å². The topological polar surface area (TPSA) is 115 Å². The number of rotatable bonds is 8. The zero-order chi connectivity index (χ0) is 24.8. The SMILES string of the molecule is CC(NC(=O)Nc1ccccc1Br)c1nnc(SCc2ccccc2)n1-c1ccc([N+](=O)[O-])cc1. The lowest BCUT2D eigenvalue weighted by molar-refractivity contribution is -0.384. The third kappa shape index (κ3) is 6.06. The van der Waals surface area contributed by atoms with Gasteiger partial charge in [0.25, 0.3) is 5.69 Å². The van der Waals surface area contributed by atoms with Crippen molar-refractivity contribution < 1.29 is 9.72 Å². The molecule has 0 fully saturated rings. The fourth-order valence-corrected chi connectivity index (χ4v) is 4.62. The van der Waals surface area contributed by atoms with Crippen LogP contribution in [0.4, 0.5) is 16.2 Å². The summed E-state index contributed by atoms with van der Waals surface area (Å²) in [5.74, 6) is 1.16. The number of nitrogens with zero attached hydrogens (tertiary/aromatic N) is 4. The number of benzene rings is 3. The maximum Gasteiger partial charge on any atom is 0.319 e. The fraction of sp³-hybridized carbons (Fsp3) is 0.125. The number of nitro groups is 1. The predicted molar refractivity (Wildman–Crippen MR) is 139 cm³/mol. The summed E-state index contributed by atoms with van der Waals surface area (Å²) in [7, 11) is 0. The van der Waals surface area contributed by atoms with Crippen molar-refractivity contribution in [3.8, 4) is 5.69 Å². The van der Waals surface area contributed by atoms with Crippen LogP contribution in [0.2, 0.25) is 0 Å². The van der Waals surface area contributed by atoms with Crippen molar-refractivity contribution in [2.24, 2.45) is 0 Å². The number of non-ortho nitro benzene ring substituents is 1. The molecule has 178 valence electrons. The highest BCUT2D eigenvalue weighted by atomic mass is 79.9. The number of carbonyl (C=O) groups excluding carboxylic acids is 1. The molecule has 4 aromatic rings. The first-order chi connectivity index (χ1) is 16.9. The van der Waals surface area contributed by atoms with Gasteiger partial charge in [0.2, 0.25) is 0 Å². The fourth-order valence-electron chi connectivity index (χ4n) is 3.33. The minimum Gasteiger partial charge on any atom is -0.328 e. The number of carbonyl (C=O) groups is 1. The Hall–Kier alpha value is -3.70. The van der Waals surface area contributed by atoms with Gasteiger partial charge in [-0.2, -0.15) is 0 Å². The molecule has 0 spiro atoms. The lowest BCUT2D eigenvalue weighted by Gasteiger charge is -2.17. The van der Waals surface area contributed by atoms with Gasteiger partial charge < -0.3 is 10.6 Å². The molecule has 35 heavy (non-hydrogen) atoms. The largest absolute Gasteiger partial charge is 0.328 e. The van der Waals surface area contributed by atoms with Crippen molar-refractivity contribution in [2.75, 3.05) is 5.32 Å². The molecule has 3 aromatic carbocycles. The molecule has 2 N–H and O–H groups in total. The predicted octanol–water partition coefficient (Wildman–Crippen LogP) is 6.11. The Balaban J connectivity index is 1.59. The van der Waals surface area contributed by atoms with Gasteiger partial charge in [-0.05, 0) is 52.7 Å². The van der Waals surface area contributed by atoms with Crippen LogP contribution in [0.5, 0.6) is 0 Å². The molecule has 1 unspecified atom stereocenters. The molecule has 0 aliphatic heterocycles. The van der Waals surface area contributed by atoms with E-state index in [0.29, 0.717) is 28.1 Å². The summed E-state index contributed by atoms with van der Waals surface area (Å²) in [6, 6.07) is 22.5. The number of halogens is 1. The monoisotopic (exact) mass is 552 g/mol. The summed E-state index contributed by atoms with van der Waals surface area (Å²) in [5, 5.41) is 26.1. The zero-order valence-corrected chi connectivity index (χ0v) is 21.0. The quantitative estimate of drug-likeness (QED) is 0.155. The second-order valence-electron chi connectivity index (χ2n) is 7.52. The van der Waals surface area contributed by atoms with Gasteiger partial charge >= 0.3 is 6.03 Å². The van der Waals surface area contributed by atoms with E-state index in [2.05, 4.69) is 36.8 Å². The number of hydrogen-bond donors (Lipinski definition) is 2. The molecule has 0 aliphatic rings. The first-order valence-electron chi connectivity index (χ1n) is 10.6. The van der Waals surface area contributed by atoms with E-state index in [4.69, 9.17) is 0 Å². The molecule has 0 aliphatic carbocycles. The molecule has 1 atom stereocenters. The van der Waals surface area contributed by atoms with Crippen LogP contribution in [-0.4, -0.2) is 25.7 Å². The summed E-state index contributed by atoms with van der Waals surface area (Å²) in [5.41, 5.74) is 2.40. The molecule has 1 heterocycles. The van der Waals surface area contributed by atoms with E-state index in [1.165, 1.54) is 23.9 Å². The third-order valence-electron chi connectivity index (χ3n) is 5.04. The van der Waals surface area contributed by atoms with Gasteiger partial charge in [0.15, 0.2) is 11.0 Å². The van der Waals surface area contributed by atoms with E-state index < -0.39 is 17.0 Å². The van der Waals surface area contributed by atoms with Gasteiger partial charge in [-0.1, -0.05) is 54.2 Å². The van der Waals surface area contributed by atoms with Crippen LogP contribution in [0.15, 0.2) is 88.5 Å². The van der Waals surface area contributed by atoms with Crippen molar-refractivity contribution in [2.45, 2.75) is 23.9 Å². The molecular formula is C24H21BrN6O3S. The summed E-state index contributed by atoms with van der Waals surface area (Å²) in [6.07, 6.45) is 0.